The molecule has 0 N–H and O–H groups in total. The van der Waals surface area contributed by atoms with Gasteiger partial charge in [0, 0.05) is 17.0 Å². The van der Waals surface area contributed by atoms with Crippen LogP contribution in [-0.4, -0.2) is 6.61 Å². The second kappa shape index (κ2) is 4.80. The van der Waals surface area contributed by atoms with Crippen LogP contribution in [0.1, 0.15) is 21.7 Å². The van der Waals surface area contributed by atoms with Crippen molar-refractivity contribution in [3.05, 3.63) is 51.4 Å². The molecule has 0 fully saturated rings. The van der Waals surface area contributed by atoms with Gasteiger partial charge in [0.1, 0.15) is 16.3 Å². The molecule has 0 saturated heterocycles. The lowest BCUT2D eigenvalue weighted by molar-refractivity contribution is 0.353. The summed E-state index contributed by atoms with van der Waals surface area (Å²) in [5.41, 5.74) is 2.11. The summed E-state index contributed by atoms with van der Waals surface area (Å²) in [4.78, 5) is -0.115. The number of benzene rings is 1. The van der Waals surface area contributed by atoms with Gasteiger partial charge in [-0.1, -0.05) is 27.5 Å². The van der Waals surface area contributed by atoms with Crippen molar-refractivity contribution in [1.29, 1.82) is 0 Å². The van der Waals surface area contributed by atoms with Gasteiger partial charge in [0.25, 0.3) is 0 Å². The van der Waals surface area contributed by atoms with Gasteiger partial charge in [-0.25, -0.2) is 0 Å². The number of hydrogen-bond donors (Lipinski definition) is 0. The Kier molecular flexibility index (Phi) is 3.31. The van der Waals surface area contributed by atoms with Crippen LogP contribution in [0.3, 0.4) is 0 Å². The van der Waals surface area contributed by atoms with Crippen molar-refractivity contribution < 1.29 is 9.15 Å². The molecule has 0 saturated carbocycles. The van der Waals surface area contributed by atoms with Crippen molar-refractivity contribution in [3.8, 4) is 5.75 Å². The third-order valence-electron chi connectivity index (χ3n) is 2.89. The average Bonchev–Trinajstić information content (AvgIpc) is 2.95. The molecule has 0 aliphatic carbocycles. The SMILES string of the molecule is Clc1cc2c(c(C(Br)c3ccc(Cl)o3)c1)OCC2. The number of halogens is 3. The lowest BCUT2D eigenvalue weighted by Crippen LogP contribution is -1.96. The van der Waals surface area contributed by atoms with Crippen LogP contribution in [0.5, 0.6) is 5.75 Å². The molecule has 0 amide bonds. The number of furan rings is 1. The Morgan fingerprint density at radius 2 is 2.06 bits per heavy atom. The monoisotopic (exact) mass is 346 g/mol. The molecular formula is C13H9BrCl2O2. The van der Waals surface area contributed by atoms with Crippen molar-refractivity contribution in [2.45, 2.75) is 11.2 Å². The molecule has 2 aromatic rings. The molecule has 94 valence electrons. The van der Waals surface area contributed by atoms with E-state index in [0.717, 1.165) is 29.1 Å². The number of rotatable bonds is 2. The second-order valence-corrected chi connectivity index (χ2v) is 5.81. The number of ether oxygens (including phenoxy) is 1. The highest BCUT2D eigenvalue weighted by Gasteiger charge is 2.24. The van der Waals surface area contributed by atoms with Gasteiger partial charge in [-0.15, -0.1) is 0 Å². The van der Waals surface area contributed by atoms with Crippen molar-refractivity contribution in [2.75, 3.05) is 6.61 Å². The molecule has 1 aliphatic rings. The largest absolute Gasteiger partial charge is 0.493 e. The fraction of sp³-hybridized carbons (Fsp3) is 0.231. The van der Waals surface area contributed by atoms with Gasteiger partial charge in [0.2, 0.25) is 0 Å². The van der Waals surface area contributed by atoms with Crippen molar-refractivity contribution in [2.24, 2.45) is 0 Å². The Labute approximate surface area is 123 Å². The van der Waals surface area contributed by atoms with E-state index in [1.165, 1.54) is 0 Å². The normalized spacial score (nSPS) is 15.3. The Hall–Kier alpha value is -0.640. The molecular weight excluding hydrogens is 339 g/mol. The fourth-order valence-electron chi connectivity index (χ4n) is 2.10. The van der Waals surface area contributed by atoms with E-state index >= 15 is 0 Å². The van der Waals surface area contributed by atoms with Gasteiger partial charge >= 0.3 is 0 Å². The van der Waals surface area contributed by atoms with Crippen LogP contribution in [0.15, 0.2) is 28.7 Å². The third-order valence-corrected chi connectivity index (χ3v) is 4.26. The smallest absolute Gasteiger partial charge is 0.193 e. The Balaban J connectivity index is 2.06. The molecule has 0 bridgehead atoms. The molecule has 1 atom stereocenters. The maximum absolute atomic E-state index is 6.13. The topological polar surface area (TPSA) is 22.4 Å². The molecule has 1 aromatic heterocycles. The zero-order chi connectivity index (χ0) is 12.7. The Morgan fingerprint density at radius 3 is 2.78 bits per heavy atom. The zero-order valence-electron chi connectivity index (χ0n) is 9.25. The van der Waals surface area contributed by atoms with E-state index in [1.54, 1.807) is 6.07 Å². The molecule has 18 heavy (non-hydrogen) atoms. The predicted octanol–water partition coefficient (Wildman–Crippen LogP) is 5.01. The number of alkyl halides is 1. The predicted molar refractivity (Wildman–Crippen MR) is 75.1 cm³/mol. The first kappa shape index (κ1) is 12.4. The van der Waals surface area contributed by atoms with Crippen molar-refractivity contribution in [3.63, 3.8) is 0 Å². The van der Waals surface area contributed by atoms with Crippen LogP contribution in [0.2, 0.25) is 10.2 Å². The maximum atomic E-state index is 6.13. The van der Waals surface area contributed by atoms with Crippen LogP contribution >= 0.6 is 39.1 Å². The Bertz CT molecular complexity index is 595. The molecule has 0 radical (unpaired) electrons. The van der Waals surface area contributed by atoms with Gasteiger partial charge in [0.05, 0.1) is 6.61 Å². The summed E-state index contributed by atoms with van der Waals surface area (Å²) in [6, 6.07) is 7.39. The van der Waals surface area contributed by atoms with Crippen LogP contribution in [0, 0.1) is 0 Å². The second-order valence-electron chi connectivity index (χ2n) is 4.09. The highest BCUT2D eigenvalue weighted by atomic mass is 79.9. The average molecular weight is 348 g/mol. The number of hydrogen-bond acceptors (Lipinski definition) is 2. The molecule has 3 rings (SSSR count). The summed E-state index contributed by atoms with van der Waals surface area (Å²) < 4.78 is 11.1. The molecule has 1 aromatic carbocycles. The molecule has 2 nitrogen and oxygen atoms in total. The van der Waals surface area contributed by atoms with Gasteiger partial charge in [0.15, 0.2) is 5.22 Å². The van der Waals surface area contributed by atoms with Crippen LogP contribution < -0.4 is 4.74 Å². The van der Waals surface area contributed by atoms with Gasteiger partial charge in [-0.05, 0) is 41.4 Å². The van der Waals surface area contributed by atoms with Crippen molar-refractivity contribution >= 4 is 39.1 Å². The van der Waals surface area contributed by atoms with E-state index in [9.17, 15) is 0 Å². The summed E-state index contributed by atoms with van der Waals surface area (Å²) in [5.74, 6) is 1.63. The van der Waals surface area contributed by atoms with Crippen LogP contribution in [0.25, 0.3) is 0 Å². The summed E-state index contributed by atoms with van der Waals surface area (Å²) in [7, 11) is 0. The van der Waals surface area contributed by atoms with Crippen LogP contribution in [0.4, 0.5) is 0 Å². The molecule has 1 aliphatic heterocycles. The minimum absolute atomic E-state index is 0.115. The Morgan fingerprint density at radius 1 is 1.22 bits per heavy atom. The third kappa shape index (κ3) is 2.15. The van der Waals surface area contributed by atoms with E-state index in [2.05, 4.69) is 15.9 Å². The molecule has 5 heteroatoms. The fourth-order valence-corrected chi connectivity index (χ4v) is 3.09. The van der Waals surface area contributed by atoms with Gasteiger partial charge < -0.3 is 9.15 Å². The minimum atomic E-state index is -0.115. The highest BCUT2D eigenvalue weighted by molar-refractivity contribution is 9.09. The standard InChI is InChI=1S/C13H9BrCl2O2/c14-12(10-1-2-11(16)18-10)9-6-8(15)5-7-3-4-17-13(7)9/h1-2,5-6,12H,3-4H2. The summed E-state index contributed by atoms with van der Waals surface area (Å²) in [5, 5.41) is 1.07. The van der Waals surface area contributed by atoms with E-state index in [-0.39, 0.29) is 4.83 Å². The van der Waals surface area contributed by atoms with E-state index < -0.39 is 0 Å². The van der Waals surface area contributed by atoms with E-state index in [4.69, 9.17) is 32.4 Å². The first-order chi connectivity index (χ1) is 8.65. The summed E-state index contributed by atoms with van der Waals surface area (Å²) >= 11 is 15.5. The first-order valence-electron chi connectivity index (χ1n) is 5.49. The van der Waals surface area contributed by atoms with E-state index in [0.29, 0.717) is 16.8 Å². The summed E-state index contributed by atoms with van der Waals surface area (Å²) in [6.45, 7) is 0.696. The molecule has 2 heterocycles. The highest BCUT2D eigenvalue weighted by Crippen LogP contribution is 2.43. The van der Waals surface area contributed by atoms with Gasteiger partial charge in [-0.2, -0.15) is 0 Å². The lowest BCUT2D eigenvalue weighted by atomic mass is 10.0. The zero-order valence-corrected chi connectivity index (χ0v) is 12.3. The van der Waals surface area contributed by atoms with Crippen LogP contribution in [-0.2, 0) is 6.42 Å². The first-order valence-corrected chi connectivity index (χ1v) is 7.17. The lowest BCUT2D eigenvalue weighted by Gasteiger charge is -2.12. The van der Waals surface area contributed by atoms with Gasteiger partial charge in [-0.3, -0.25) is 0 Å². The maximum Gasteiger partial charge on any atom is 0.193 e. The molecule has 0 spiro atoms. The van der Waals surface area contributed by atoms with E-state index in [1.807, 2.05) is 18.2 Å². The quantitative estimate of drug-likeness (QED) is 0.713. The van der Waals surface area contributed by atoms with Crippen molar-refractivity contribution in [1.82, 2.24) is 0 Å². The number of fused-ring (bicyclic) bond motifs is 1. The molecule has 1 unspecified atom stereocenters. The minimum Gasteiger partial charge on any atom is -0.493 e. The summed E-state index contributed by atoms with van der Waals surface area (Å²) in [6.07, 6.45) is 0.890.